The Labute approximate surface area is 314 Å². The molecule has 3 aromatic heterocycles. The molecule has 3 aliphatic heterocycles. The van der Waals surface area contributed by atoms with Gasteiger partial charge in [0.05, 0.1) is 31.6 Å². The molecule has 0 saturated carbocycles. The van der Waals surface area contributed by atoms with Crippen LogP contribution in [0.25, 0.3) is 9.75 Å². The van der Waals surface area contributed by atoms with Crippen molar-refractivity contribution in [3.8, 4) is 9.75 Å². The summed E-state index contributed by atoms with van der Waals surface area (Å²) in [6.45, 7) is 5.55. The number of thiophene rings is 2. The summed E-state index contributed by atoms with van der Waals surface area (Å²) in [4.78, 5) is 52.4. The maximum Gasteiger partial charge on any atom is 0.265 e. The molecule has 0 atom stereocenters. The van der Waals surface area contributed by atoms with E-state index in [0.717, 1.165) is 96.5 Å². The molecule has 0 radical (unpaired) electrons. The third-order valence-corrected chi connectivity index (χ3v) is 13.3. The number of pyridine rings is 1. The maximum atomic E-state index is 14.4. The Morgan fingerprint density at radius 1 is 0.906 bits per heavy atom. The van der Waals surface area contributed by atoms with Crippen molar-refractivity contribution in [2.45, 2.75) is 45.4 Å². The summed E-state index contributed by atoms with van der Waals surface area (Å²) < 4.78 is 20.1. The molecule has 2 fully saturated rings. The summed E-state index contributed by atoms with van der Waals surface area (Å²) >= 11 is 2.88. The number of carbonyl (C=O) groups is 3. The number of aromatic nitrogens is 1. The number of hydrogen-bond donors (Lipinski definition) is 2. The van der Waals surface area contributed by atoms with Crippen LogP contribution in [0.1, 0.15) is 72.0 Å². The number of nitrogens with zero attached hydrogens (tertiary/aromatic N) is 3. The molecular formula is C41H38FN5O4S2. The van der Waals surface area contributed by atoms with Gasteiger partial charge >= 0.3 is 0 Å². The smallest absolute Gasteiger partial charge is 0.265 e. The van der Waals surface area contributed by atoms with Crippen LogP contribution in [0.3, 0.4) is 0 Å². The first-order valence-corrected chi connectivity index (χ1v) is 19.8. The van der Waals surface area contributed by atoms with E-state index < -0.39 is 5.82 Å². The second kappa shape index (κ2) is 13.5. The predicted octanol–water partition coefficient (Wildman–Crippen LogP) is 8.13. The fourth-order valence-electron chi connectivity index (χ4n) is 8.09. The zero-order chi connectivity index (χ0) is 36.3. The van der Waals surface area contributed by atoms with Crippen molar-refractivity contribution in [1.29, 1.82) is 0 Å². The molecule has 2 saturated heterocycles. The van der Waals surface area contributed by atoms with Gasteiger partial charge in [-0.05, 0) is 116 Å². The van der Waals surface area contributed by atoms with Crippen molar-refractivity contribution < 1.29 is 23.5 Å². The lowest BCUT2D eigenvalue weighted by molar-refractivity contribution is -0.000521. The van der Waals surface area contributed by atoms with E-state index >= 15 is 0 Å². The Balaban J connectivity index is 0.903. The number of carbonyl (C=O) groups excluding carboxylic acids is 3. The number of anilines is 4. The number of nitrogens with one attached hydrogen (secondary N) is 2. The summed E-state index contributed by atoms with van der Waals surface area (Å²) in [7, 11) is 0. The minimum atomic E-state index is -0.474. The van der Waals surface area contributed by atoms with Crippen molar-refractivity contribution in [3.63, 3.8) is 0 Å². The summed E-state index contributed by atoms with van der Waals surface area (Å²) in [5, 5.41) is 7.77. The number of rotatable bonds is 6. The lowest BCUT2D eigenvalue weighted by atomic mass is 9.73. The molecule has 0 unspecified atom stereocenters. The SMILES string of the molecule is Cc1cccc(F)c1NC(=O)c1cc2c(s1)-c1sccc1N(C(=O)c1ccc(NC(=O)c3cc4c(nc3N3CC5(CCOCC5)C3)CCC4)cc1)CC2. The van der Waals surface area contributed by atoms with E-state index in [-0.39, 0.29) is 28.8 Å². The van der Waals surface area contributed by atoms with Gasteiger partial charge in [0.15, 0.2) is 0 Å². The van der Waals surface area contributed by atoms with Crippen LogP contribution in [0.15, 0.2) is 66.0 Å². The van der Waals surface area contributed by atoms with Crippen LogP contribution < -0.4 is 20.4 Å². The van der Waals surface area contributed by atoms with Crippen molar-refractivity contribution in [2.75, 3.05) is 53.3 Å². The van der Waals surface area contributed by atoms with Crippen molar-refractivity contribution in [1.82, 2.24) is 4.98 Å². The van der Waals surface area contributed by atoms with E-state index in [4.69, 9.17) is 9.72 Å². The first kappa shape index (κ1) is 33.9. The molecule has 270 valence electrons. The van der Waals surface area contributed by atoms with Gasteiger partial charge in [0.2, 0.25) is 0 Å². The number of aryl methyl sites for hydroxylation is 3. The highest BCUT2D eigenvalue weighted by atomic mass is 32.1. The van der Waals surface area contributed by atoms with E-state index in [1.165, 1.54) is 28.7 Å². The number of para-hydroxylation sites is 1. The van der Waals surface area contributed by atoms with Crippen LogP contribution in [0.4, 0.5) is 27.3 Å². The highest BCUT2D eigenvalue weighted by Crippen LogP contribution is 2.46. The first-order chi connectivity index (χ1) is 25.7. The van der Waals surface area contributed by atoms with E-state index in [2.05, 4.69) is 15.5 Å². The van der Waals surface area contributed by atoms with Gasteiger partial charge < -0.3 is 25.2 Å². The zero-order valence-corrected chi connectivity index (χ0v) is 30.9. The van der Waals surface area contributed by atoms with E-state index in [0.29, 0.717) is 40.2 Å². The van der Waals surface area contributed by atoms with Crippen LogP contribution in [-0.4, -0.2) is 55.6 Å². The van der Waals surface area contributed by atoms with Crippen LogP contribution in [0.5, 0.6) is 0 Å². The predicted molar refractivity (Wildman–Crippen MR) is 207 cm³/mol. The number of fused-ring (bicyclic) bond motifs is 4. The van der Waals surface area contributed by atoms with Gasteiger partial charge in [0.1, 0.15) is 11.6 Å². The highest BCUT2D eigenvalue weighted by Gasteiger charge is 2.45. The number of amides is 3. The maximum absolute atomic E-state index is 14.4. The van der Waals surface area contributed by atoms with E-state index in [9.17, 15) is 18.8 Å². The third-order valence-electron chi connectivity index (χ3n) is 11.1. The summed E-state index contributed by atoms with van der Waals surface area (Å²) in [5.41, 5.74) is 6.81. The number of halogens is 1. The molecule has 2 aromatic carbocycles. The number of benzene rings is 2. The number of ether oxygens (including phenoxy) is 1. The van der Waals surface area contributed by atoms with E-state index in [1.54, 1.807) is 48.2 Å². The topological polar surface area (TPSA) is 104 Å². The molecule has 4 aliphatic rings. The van der Waals surface area contributed by atoms with Crippen molar-refractivity contribution in [2.24, 2.45) is 5.41 Å². The average Bonchev–Trinajstić information content (AvgIpc) is 3.91. The average molecular weight is 748 g/mol. The molecule has 2 N–H and O–H groups in total. The van der Waals surface area contributed by atoms with Gasteiger partial charge in [-0.2, -0.15) is 0 Å². The molecule has 53 heavy (non-hydrogen) atoms. The summed E-state index contributed by atoms with van der Waals surface area (Å²) in [6, 6.07) is 17.6. The zero-order valence-electron chi connectivity index (χ0n) is 29.3. The van der Waals surface area contributed by atoms with Gasteiger partial charge in [-0.1, -0.05) is 12.1 Å². The molecule has 1 aliphatic carbocycles. The first-order valence-electron chi connectivity index (χ1n) is 18.1. The minimum absolute atomic E-state index is 0.143. The molecule has 6 heterocycles. The highest BCUT2D eigenvalue weighted by molar-refractivity contribution is 7.23. The van der Waals surface area contributed by atoms with Crippen LogP contribution in [0, 0.1) is 18.2 Å². The number of hydrogen-bond acceptors (Lipinski definition) is 8. The molecule has 9 nitrogen and oxygen atoms in total. The fraction of sp³-hybridized carbons (Fsp3) is 0.317. The monoisotopic (exact) mass is 747 g/mol. The Morgan fingerprint density at radius 2 is 1.72 bits per heavy atom. The van der Waals surface area contributed by atoms with Crippen LogP contribution in [0.2, 0.25) is 0 Å². The third kappa shape index (κ3) is 6.22. The van der Waals surface area contributed by atoms with Gasteiger partial charge in [-0.25, -0.2) is 9.37 Å². The standard InChI is InChI=1S/C41H38FN5O4S2/c1-24-4-2-6-30(42)34(24)45-39(49)33-21-27-12-16-47(32-13-19-52-36(32)35(27)53-33)40(50)25-8-10-28(11-9-25)43-38(48)29-20-26-5-3-7-31(26)44-37(29)46-22-41(23-46)14-17-51-18-15-41/h2,4,6,8-11,13,19-21H,3,5,7,12,14-18,22-23H2,1H3,(H,43,48)(H,45,49). The summed E-state index contributed by atoms with van der Waals surface area (Å²) in [6.07, 6.45) is 5.57. The molecule has 5 aromatic rings. The Hall–Kier alpha value is -4.91. The molecule has 0 bridgehead atoms. The molecule has 9 rings (SSSR count). The molecule has 1 spiro atoms. The lowest BCUT2D eigenvalue weighted by Gasteiger charge is -2.53. The van der Waals surface area contributed by atoms with Gasteiger partial charge in [0.25, 0.3) is 17.7 Å². The normalized spacial score (nSPS) is 17.0. The quantitative estimate of drug-likeness (QED) is 0.182. The van der Waals surface area contributed by atoms with Gasteiger partial charge in [-0.3, -0.25) is 14.4 Å². The fourth-order valence-corrected chi connectivity index (χ4v) is 10.3. The second-order valence-electron chi connectivity index (χ2n) is 14.5. The van der Waals surface area contributed by atoms with Gasteiger partial charge in [0, 0.05) is 55.2 Å². The Morgan fingerprint density at radius 3 is 2.51 bits per heavy atom. The molecular weight excluding hydrogens is 710 g/mol. The van der Waals surface area contributed by atoms with Crippen molar-refractivity contribution >= 4 is 63.3 Å². The van der Waals surface area contributed by atoms with Crippen LogP contribution in [-0.2, 0) is 24.0 Å². The molecule has 3 amide bonds. The Bertz CT molecular complexity index is 2250. The minimum Gasteiger partial charge on any atom is -0.381 e. The summed E-state index contributed by atoms with van der Waals surface area (Å²) in [5.74, 6) is -0.412. The van der Waals surface area contributed by atoms with Crippen LogP contribution >= 0.6 is 22.7 Å². The second-order valence-corrected chi connectivity index (χ2v) is 16.5. The van der Waals surface area contributed by atoms with E-state index in [1.807, 2.05) is 23.6 Å². The largest absolute Gasteiger partial charge is 0.381 e. The lowest BCUT2D eigenvalue weighted by Crippen LogP contribution is -2.59. The van der Waals surface area contributed by atoms with Gasteiger partial charge in [-0.15, -0.1) is 22.7 Å². The molecule has 12 heteroatoms. The Kier molecular flexibility index (Phi) is 8.63. The van der Waals surface area contributed by atoms with Crippen molar-refractivity contribution in [3.05, 3.63) is 110 Å².